The molecule has 1 amide bonds. The van der Waals surface area contributed by atoms with Gasteiger partial charge in [-0.15, -0.1) is 0 Å². The van der Waals surface area contributed by atoms with Crippen molar-refractivity contribution in [3.05, 3.63) is 11.7 Å². The third-order valence-corrected chi connectivity index (χ3v) is 3.93. The van der Waals surface area contributed by atoms with Gasteiger partial charge in [0, 0.05) is 38.6 Å². The molecule has 2 rings (SSSR count). The van der Waals surface area contributed by atoms with Gasteiger partial charge in [0.1, 0.15) is 0 Å². The molecule has 2 N–H and O–H groups in total. The van der Waals surface area contributed by atoms with Crippen LogP contribution in [-0.4, -0.2) is 58.1 Å². The van der Waals surface area contributed by atoms with Crippen LogP contribution in [0.1, 0.15) is 44.4 Å². The molecule has 1 aliphatic heterocycles. The summed E-state index contributed by atoms with van der Waals surface area (Å²) in [6.07, 6.45) is 1.28. The molecule has 1 aliphatic rings. The number of rotatable bonds is 5. The van der Waals surface area contributed by atoms with Crippen LogP contribution < -0.4 is 5.73 Å². The third kappa shape index (κ3) is 4.25. The zero-order valence-corrected chi connectivity index (χ0v) is 13.1. The fourth-order valence-corrected chi connectivity index (χ4v) is 2.51. The van der Waals surface area contributed by atoms with Gasteiger partial charge in [-0.25, -0.2) is 0 Å². The number of nitrogens with zero attached hydrogens (tertiary/aromatic N) is 4. The van der Waals surface area contributed by atoms with Gasteiger partial charge in [0.05, 0.1) is 6.04 Å². The topological polar surface area (TPSA) is 88.5 Å². The summed E-state index contributed by atoms with van der Waals surface area (Å²) in [7, 11) is 0. The van der Waals surface area contributed by atoms with Crippen LogP contribution >= 0.6 is 0 Å². The Labute approximate surface area is 125 Å². The zero-order chi connectivity index (χ0) is 15.4. The number of nitrogens with two attached hydrogens (primary N) is 1. The van der Waals surface area contributed by atoms with Gasteiger partial charge in [0.2, 0.25) is 11.8 Å². The summed E-state index contributed by atoms with van der Waals surface area (Å²) in [6.45, 7) is 8.94. The SMILES string of the molecule is Cc1noc(C(C)N2CCN(C(=O)CCC(C)N)CC2)n1. The van der Waals surface area contributed by atoms with E-state index in [2.05, 4.69) is 22.0 Å². The van der Waals surface area contributed by atoms with Crippen molar-refractivity contribution in [1.29, 1.82) is 0 Å². The van der Waals surface area contributed by atoms with E-state index in [-0.39, 0.29) is 18.0 Å². The van der Waals surface area contributed by atoms with Gasteiger partial charge in [-0.2, -0.15) is 4.98 Å². The number of aryl methyl sites for hydroxylation is 1. The molecule has 7 heteroatoms. The molecular weight excluding hydrogens is 270 g/mol. The number of carbonyl (C=O) groups excluding carboxylic acids is 1. The minimum absolute atomic E-state index is 0.0797. The molecule has 0 bridgehead atoms. The second kappa shape index (κ2) is 7.00. The molecule has 21 heavy (non-hydrogen) atoms. The number of piperazine rings is 1. The maximum absolute atomic E-state index is 12.1. The fraction of sp³-hybridized carbons (Fsp3) is 0.786. The van der Waals surface area contributed by atoms with E-state index in [1.807, 2.05) is 18.7 Å². The van der Waals surface area contributed by atoms with Crippen LogP contribution in [0.4, 0.5) is 0 Å². The largest absolute Gasteiger partial charge is 0.340 e. The summed E-state index contributed by atoms with van der Waals surface area (Å²) < 4.78 is 5.22. The van der Waals surface area contributed by atoms with Gasteiger partial charge in [-0.05, 0) is 27.2 Å². The first-order valence-electron chi connectivity index (χ1n) is 7.55. The van der Waals surface area contributed by atoms with Crippen LogP contribution in [-0.2, 0) is 4.79 Å². The number of carbonyl (C=O) groups is 1. The molecule has 118 valence electrons. The monoisotopic (exact) mass is 295 g/mol. The van der Waals surface area contributed by atoms with Gasteiger partial charge < -0.3 is 15.2 Å². The first-order chi connectivity index (χ1) is 9.97. The lowest BCUT2D eigenvalue weighted by Gasteiger charge is -2.37. The molecule has 1 saturated heterocycles. The zero-order valence-electron chi connectivity index (χ0n) is 13.1. The predicted octanol–water partition coefficient (Wildman–Crippen LogP) is 0.711. The Bertz CT molecular complexity index is 466. The molecule has 7 nitrogen and oxygen atoms in total. The normalized spacial score (nSPS) is 19.5. The molecule has 0 saturated carbocycles. The van der Waals surface area contributed by atoms with E-state index in [1.54, 1.807) is 0 Å². The fourth-order valence-electron chi connectivity index (χ4n) is 2.51. The van der Waals surface area contributed by atoms with Gasteiger partial charge >= 0.3 is 0 Å². The number of aromatic nitrogens is 2. The van der Waals surface area contributed by atoms with E-state index < -0.39 is 0 Å². The summed E-state index contributed by atoms with van der Waals surface area (Å²) in [5, 5.41) is 3.83. The van der Waals surface area contributed by atoms with Crippen LogP contribution in [0.2, 0.25) is 0 Å². The first-order valence-corrected chi connectivity index (χ1v) is 7.55. The second-order valence-electron chi connectivity index (χ2n) is 5.79. The van der Waals surface area contributed by atoms with Gasteiger partial charge in [0.25, 0.3) is 0 Å². The van der Waals surface area contributed by atoms with E-state index in [1.165, 1.54) is 0 Å². The standard InChI is InChI=1S/C14H25N5O2/c1-10(15)4-5-13(20)19-8-6-18(7-9-19)11(2)14-16-12(3)17-21-14/h10-11H,4-9,15H2,1-3H3. The molecule has 2 unspecified atom stereocenters. The summed E-state index contributed by atoms with van der Waals surface area (Å²) in [4.78, 5) is 20.5. The van der Waals surface area contributed by atoms with Crippen molar-refractivity contribution in [3.63, 3.8) is 0 Å². The van der Waals surface area contributed by atoms with Crippen LogP contribution in [0.3, 0.4) is 0 Å². The second-order valence-corrected chi connectivity index (χ2v) is 5.79. The Kier molecular flexibility index (Phi) is 5.30. The van der Waals surface area contributed by atoms with Crippen LogP contribution in [0.15, 0.2) is 4.52 Å². The summed E-state index contributed by atoms with van der Waals surface area (Å²) in [6, 6.07) is 0.170. The van der Waals surface area contributed by atoms with Gasteiger partial charge in [-0.3, -0.25) is 9.69 Å². The molecule has 0 aromatic carbocycles. The Hall–Kier alpha value is -1.47. The van der Waals surface area contributed by atoms with Gasteiger partial charge in [-0.1, -0.05) is 5.16 Å². The Morgan fingerprint density at radius 1 is 1.33 bits per heavy atom. The maximum Gasteiger partial charge on any atom is 0.243 e. The molecular formula is C14H25N5O2. The average Bonchev–Trinajstić information content (AvgIpc) is 2.90. The Morgan fingerprint density at radius 2 is 2.00 bits per heavy atom. The molecule has 0 spiro atoms. The molecule has 2 atom stereocenters. The molecule has 0 aliphatic carbocycles. The molecule has 1 aromatic heterocycles. The lowest BCUT2D eigenvalue weighted by Crippen LogP contribution is -2.49. The van der Waals surface area contributed by atoms with E-state index in [0.29, 0.717) is 18.1 Å². The quantitative estimate of drug-likeness (QED) is 0.860. The summed E-state index contributed by atoms with van der Waals surface area (Å²) in [5.41, 5.74) is 5.70. The summed E-state index contributed by atoms with van der Waals surface area (Å²) in [5.74, 6) is 1.50. The highest BCUT2D eigenvalue weighted by atomic mass is 16.5. The summed E-state index contributed by atoms with van der Waals surface area (Å²) >= 11 is 0. The van der Waals surface area contributed by atoms with E-state index in [4.69, 9.17) is 10.3 Å². The van der Waals surface area contributed by atoms with E-state index in [0.717, 1.165) is 32.6 Å². The Morgan fingerprint density at radius 3 is 2.52 bits per heavy atom. The van der Waals surface area contributed by atoms with Crippen LogP contribution in [0.25, 0.3) is 0 Å². The van der Waals surface area contributed by atoms with Crippen molar-refractivity contribution in [3.8, 4) is 0 Å². The minimum Gasteiger partial charge on any atom is -0.340 e. The number of amides is 1. The highest BCUT2D eigenvalue weighted by Crippen LogP contribution is 2.20. The minimum atomic E-state index is 0.0797. The van der Waals surface area contributed by atoms with Crippen molar-refractivity contribution in [2.24, 2.45) is 5.73 Å². The lowest BCUT2D eigenvalue weighted by molar-refractivity contribution is -0.133. The van der Waals surface area contributed by atoms with Crippen LogP contribution in [0, 0.1) is 6.92 Å². The highest BCUT2D eigenvalue weighted by molar-refractivity contribution is 5.76. The molecule has 2 heterocycles. The number of hydrogen-bond acceptors (Lipinski definition) is 6. The average molecular weight is 295 g/mol. The molecule has 0 radical (unpaired) electrons. The smallest absolute Gasteiger partial charge is 0.243 e. The van der Waals surface area contributed by atoms with Crippen molar-refractivity contribution >= 4 is 5.91 Å². The maximum atomic E-state index is 12.1. The first kappa shape index (κ1) is 15.9. The molecule has 1 fully saturated rings. The predicted molar refractivity (Wildman–Crippen MR) is 78.5 cm³/mol. The molecule has 1 aromatic rings. The van der Waals surface area contributed by atoms with Crippen molar-refractivity contribution in [2.45, 2.75) is 45.7 Å². The van der Waals surface area contributed by atoms with Crippen LogP contribution in [0.5, 0.6) is 0 Å². The van der Waals surface area contributed by atoms with E-state index >= 15 is 0 Å². The number of hydrogen-bond donors (Lipinski definition) is 1. The highest BCUT2D eigenvalue weighted by Gasteiger charge is 2.27. The van der Waals surface area contributed by atoms with Crippen molar-refractivity contribution < 1.29 is 9.32 Å². The third-order valence-electron chi connectivity index (χ3n) is 3.93. The van der Waals surface area contributed by atoms with Crippen molar-refractivity contribution in [1.82, 2.24) is 19.9 Å². The van der Waals surface area contributed by atoms with Crippen molar-refractivity contribution in [2.75, 3.05) is 26.2 Å². The van der Waals surface area contributed by atoms with Gasteiger partial charge in [0.15, 0.2) is 5.82 Å². The van der Waals surface area contributed by atoms with E-state index in [9.17, 15) is 4.79 Å². The Balaban J connectivity index is 1.81. The lowest BCUT2D eigenvalue weighted by atomic mass is 10.1.